The van der Waals surface area contributed by atoms with Crippen molar-refractivity contribution in [3.63, 3.8) is 0 Å². The minimum absolute atomic E-state index is 0.891. The number of likely N-dealkylation sites (N-methyl/N-ethyl adjacent to an activating group) is 1. The molecule has 0 aromatic carbocycles. The van der Waals surface area contributed by atoms with Crippen molar-refractivity contribution in [1.82, 2.24) is 9.30 Å². The van der Waals surface area contributed by atoms with E-state index in [0.717, 1.165) is 18.7 Å². The Labute approximate surface area is 128 Å². The van der Waals surface area contributed by atoms with Crippen molar-refractivity contribution < 1.29 is 24.5 Å². The molecule has 0 spiro atoms. The van der Waals surface area contributed by atoms with Crippen LogP contribution >= 0.6 is 0 Å². The van der Waals surface area contributed by atoms with Gasteiger partial charge in [-0.25, -0.2) is 9.59 Å². The maximum absolute atomic E-state index is 9.10. The molecule has 0 saturated heterocycles. The number of aromatic nitrogens is 1. The largest absolute Gasteiger partial charge is 0.495 e. The van der Waals surface area contributed by atoms with Crippen molar-refractivity contribution in [1.29, 1.82) is 0 Å². The SMILES string of the molecule is COc1ccc2c(CCN(C)C)ccn2c1.O=C(O)C(=O)O. The number of pyridine rings is 1. The van der Waals surface area contributed by atoms with E-state index in [9.17, 15) is 0 Å². The number of methoxy groups -OCH3 is 1. The van der Waals surface area contributed by atoms with Crippen LogP contribution in [0.25, 0.3) is 5.52 Å². The van der Waals surface area contributed by atoms with Crippen LogP contribution in [-0.2, 0) is 16.0 Å². The number of nitrogens with zero attached hydrogens (tertiary/aromatic N) is 2. The topological polar surface area (TPSA) is 91.5 Å². The van der Waals surface area contributed by atoms with E-state index >= 15 is 0 Å². The molecule has 0 saturated carbocycles. The van der Waals surface area contributed by atoms with Gasteiger partial charge in [-0.2, -0.15) is 0 Å². The number of carboxylic acid groups (broad SMARTS) is 2. The van der Waals surface area contributed by atoms with Gasteiger partial charge in [-0.05, 0) is 44.3 Å². The van der Waals surface area contributed by atoms with Crippen molar-refractivity contribution in [3.05, 3.63) is 36.2 Å². The molecule has 0 atom stereocenters. The molecular weight excluding hydrogens is 288 g/mol. The van der Waals surface area contributed by atoms with Crippen LogP contribution < -0.4 is 4.74 Å². The molecule has 2 aromatic heterocycles. The normalized spacial score (nSPS) is 10.2. The van der Waals surface area contributed by atoms with Gasteiger partial charge in [0.05, 0.1) is 13.3 Å². The lowest BCUT2D eigenvalue weighted by atomic mass is 10.2. The third-order valence-corrected chi connectivity index (χ3v) is 2.96. The molecule has 2 N–H and O–H groups in total. The van der Waals surface area contributed by atoms with E-state index in [1.807, 2.05) is 12.3 Å². The first-order valence-electron chi connectivity index (χ1n) is 6.59. The molecule has 0 amide bonds. The minimum Gasteiger partial charge on any atom is -0.495 e. The van der Waals surface area contributed by atoms with Gasteiger partial charge in [0, 0.05) is 18.3 Å². The molecule has 0 fully saturated rings. The van der Waals surface area contributed by atoms with E-state index in [1.54, 1.807) is 7.11 Å². The quantitative estimate of drug-likeness (QED) is 0.825. The van der Waals surface area contributed by atoms with Gasteiger partial charge in [-0.15, -0.1) is 0 Å². The fraction of sp³-hybridized carbons (Fsp3) is 0.333. The summed E-state index contributed by atoms with van der Waals surface area (Å²) < 4.78 is 7.32. The van der Waals surface area contributed by atoms with Crippen LogP contribution in [0.1, 0.15) is 5.56 Å². The third-order valence-electron chi connectivity index (χ3n) is 2.96. The van der Waals surface area contributed by atoms with Crippen molar-refractivity contribution in [2.24, 2.45) is 0 Å². The zero-order valence-corrected chi connectivity index (χ0v) is 12.8. The smallest absolute Gasteiger partial charge is 0.414 e. The molecular formula is C15H20N2O5. The first-order valence-corrected chi connectivity index (χ1v) is 6.59. The highest BCUT2D eigenvalue weighted by atomic mass is 16.5. The van der Waals surface area contributed by atoms with Crippen LogP contribution in [-0.4, -0.2) is 59.2 Å². The Balaban J connectivity index is 0.000000346. The Hall–Kier alpha value is -2.54. The van der Waals surface area contributed by atoms with Crippen LogP contribution in [0.4, 0.5) is 0 Å². The lowest BCUT2D eigenvalue weighted by molar-refractivity contribution is -0.159. The maximum Gasteiger partial charge on any atom is 0.414 e. The molecule has 0 aliphatic heterocycles. The molecule has 2 aromatic rings. The second kappa shape index (κ2) is 8.04. The second-order valence-electron chi connectivity index (χ2n) is 4.87. The monoisotopic (exact) mass is 308 g/mol. The van der Waals surface area contributed by atoms with Gasteiger partial charge in [-0.3, -0.25) is 0 Å². The molecule has 7 nitrogen and oxygen atoms in total. The van der Waals surface area contributed by atoms with Gasteiger partial charge in [-0.1, -0.05) is 0 Å². The fourth-order valence-corrected chi connectivity index (χ4v) is 1.82. The molecule has 0 unspecified atom stereocenters. The van der Waals surface area contributed by atoms with Gasteiger partial charge in [0.25, 0.3) is 0 Å². The summed E-state index contributed by atoms with van der Waals surface area (Å²) in [4.78, 5) is 20.4. The molecule has 22 heavy (non-hydrogen) atoms. The van der Waals surface area contributed by atoms with Crippen molar-refractivity contribution in [2.45, 2.75) is 6.42 Å². The van der Waals surface area contributed by atoms with E-state index in [-0.39, 0.29) is 0 Å². The predicted molar refractivity (Wildman–Crippen MR) is 81.5 cm³/mol. The minimum atomic E-state index is -1.82. The summed E-state index contributed by atoms with van der Waals surface area (Å²) in [7, 11) is 5.89. The van der Waals surface area contributed by atoms with E-state index in [2.05, 4.69) is 41.7 Å². The Morgan fingerprint density at radius 2 is 1.82 bits per heavy atom. The van der Waals surface area contributed by atoms with Crippen LogP contribution in [0.2, 0.25) is 0 Å². The number of carboxylic acids is 2. The van der Waals surface area contributed by atoms with E-state index in [1.165, 1.54) is 11.1 Å². The van der Waals surface area contributed by atoms with Crippen LogP contribution in [0.5, 0.6) is 5.75 Å². The molecule has 0 aliphatic carbocycles. The Bertz CT molecular complexity index is 636. The van der Waals surface area contributed by atoms with Gasteiger partial charge in [0.2, 0.25) is 0 Å². The summed E-state index contributed by atoms with van der Waals surface area (Å²) in [5.74, 6) is -2.76. The second-order valence-corrected chi connectivity index (χ2v) is 4.87. The van der Waals surface area contributed by atoms with Gasteiger partial charge in [0.15, 0.2) is 0 Å². The third kappa shape index (κ3) is 5.10. The number of hydrogen-bond acceptors (Lipinski definition) is 4. The average molecular weight is 308 g/mol. The Morgan fingerprint density at radius 1 is 1.18 bits per heavy atom. The highest BCUT2D eigenvalue weighted by molar-refractivity contribution is 6.27. The lowest BCUT2D eigenvalue weighted by Gasteiger charge is -2.08. The van der Waals surface area contributed by atoms with E-state index in [4.69, 9.17) is 24.5 Å². The molecule has 2 heterocycles. The standard InChI is InChI=1S/C13H18N2O.C2H2O4/c1-14(2)8-6-11-7-9-15-10-12(16-3)4-5-13(11)15;3-1(4)2(5)6/h4-5,7,9-10H,6,8H2,1-3H3;(H,3,4)(H,5,6). The lowest BCUT2D eigenvalue weighted by Crippen LogP contribution is -2.14. The number of ether oxygens (including phenoxy) is 1. The molecule has 0 aliphatic rings. The van der Waals surface area contributed by atoms with Crippen molar-refractivity contribution >= 4 is 17.5 Å². The summed E-state index contributed by atoms with van der Waals surface area (Å²) in [6.07, 6.45) is 5.17. The van der Waals surface area contributed by atoms with Gasteiger partial charge < -0.3 is 24.3 Å². The molecule has 0 bridgehead atoms. The predicted octanol–water partition coefficient (Wildman–Crippen LogP) is 1.21. The number of aliphatic carboxylic acids is 2. The summed E-state index contributed by atoms with van der Waals surface area (Å²) in [5, 5.41) is 14.8. The summed E-state index contributed by atoms with van der Waals surface area (Å²) >= 11 is 0. The molecule has 120 valence electrons. The summed E-state index contributed by atoms with van der Waals surface area (Å²) in [6.45, 7) is 1.08. The fourth-order valence-electron chi connectivity index (χ4n) is 1.82. The van der Waals surface area contributed by atoms with Crippen LogP contribution in [0, 0.1) is 0 Å². The number of carbonyl (C=O) groups is 2. The van der Waals surface area contributed by atoms with E-state index < -0.39 is 11.9 Å². The van der Waals surface area contributed by atoms with Crippen molar-refractivity contribution in [3.8, 4) is 5.75 Å². The molecule has 0 radical (unpaired) electrons. The van der Waals surface area contributed by atoms with Gasteiger partial charge >= 0.3 is 11.9 Å². The molecule has 7 heteroatoms. The number of fused-ring (bicyclic) bond motifs is 1. The summed E-state index contributed by atoms with van der Waals surface area (Å²) in [6, 6.07) is 6.30. The first kappa shape index (κ1) is 17.5. The first-order chi connectivity index (χ1) is 10.3. The van der Waals surface area contributed by atoms with Crippen LogP contribution in [0.3, 0.4) is 0 Å². The van der Waals surface area contributed by atoms with Crippen molar-refractivity contribution in [2.75, 3.05) is 27.7 Å². The average Bonchev–Trinajstić information content (AvgIpc) is 2.87. The van der Waals surface area contributed by atoms with Gasteiger partial charge in [0.1, 0.15) is 5.75 Å². The number of hydrogen-bond donors (Lipinski definition) is 2. The zero-order chi connectivity index (χ0) is 16.7. The Kier molecular flexibility index (Phi) is 6.40. The van der Waals surface area contributed by atoms with E-state index in [0.29, 0.717) is 0 Å². The highest BCUT2D eigenvalue weighted by Crippen LogP contribution is 2.18. The highest BCUT2D eigenvalue weighted by Gasteiger charge is 2.04. The maximum atomic E-state index is 9.10. The zero-order valence-electron chi connectivity index (χ0n) is 12.8. The van der Waals surface area contributed by atoms with Crippen LogP contribution in [0.15, 0.2) is 30.6 Å². The Morgan fingerprint density at radius 3 is 2.32 bits per heavy atom. The summed E-state index contributed by atoms with van der Waals surface area (Å²) in [5.41, 5.74) is 2.65. The molecule has 2 rings (SSSR count). The number of rotatable bonds is 4.